The number of amides is 4. The van der Waals surface area contributed by atoms with Gasteiger partial charge in [0.05, 0.1) is 19.1 Å². The molecule has 1 aromatic carbocycles. The predicted molar refractivity (Wildman–Crippen MR) is 127 cm³/mol. The predicted octanol–water partition coefficient (Wildman–Crippen LogP) is 2.43. The number of ether oxygens (including phenoxy) is 1. The number of carbonyl (C=O) groups excluding carboxylic acids is 4. The number of pyridine rings is 1. The number of anilines is 1. The van der Waals surface area contributed by atoms with Gasteiger partial charge in [0.2, 0.25) is 17.7 Å². The summed E-state index contributed by atoms with van der Waals surface area (Å²) in [6.45, 7) is 1.81. The van der Waals surface area contributed by atoms with Crippen molar-refractivity contribution in [2.24, 2.45) is 0 Å². The highest BCUT2D eigenvalue weighted by atomic mass is 19.1. The fourth-order valence-corrected chi connectivity index (χ4v) is 5.52. The molecule has 1 unspecified atom stereocenters. The molecule has 2 aromatic heterocycles. The van der Waals surface area contributed by atoms with E-state index in [9.17, 15) is 23.6 Å². The Bertz CT molecular complexity index is 1520. The number of nitrogens with zero attached hydrogens (tertiary/aromatic N) is 3. The minimum atomic E-state index is -1.52. The van der Waals surface area contributed by atoms with Crippen LogP contribution in [0.3, 0.4) is 0 Å². The SMILES string of the molecule is COc1ccc2c(c1F)C(=O)N(C[C@@]1(c3cc4nc(N5C(=O)CCC5C)ccc4o3)CC(=O)NC1=O)C2. The van der Waals surface area contributed by atoms with E-state index in [4.69, 9.17) is 9.15 Å². The third kappa shape index (κ3) is 3.40. The van der Waals surface area contributed by atoms with Crippen LogP contribution in [0.4, 0.5) is 10.2 Å². The molecular weight excluding hydrogens is 483 g/mol. The number of halogens is 1. The molecule has 0 saturated carbocycles. The Labute approximate surface area is 210 Å². The molecule has 2 atom stereocenters. The van der Waals surface area contributed by atoms with E-state index in [1.54, 1.807) is 29.2 Å². The molecule has 3 aromatic rings. The Kier molecular flexibility index (Phi) is 5.08. The summed E-state index contributed by atoms with van der Waals surface area (Å²) in [7, 11) is 1.31. The van der Waals surface area contributed by atoms with E-state index >= 15 is 0 Å². The Balaban J connectivity index is 1.38. The Morgan fingerprint density at radius 3 is 2.70 bits per heavy atom. The van der Waals surface area contributed by atoms with Crippen LogP contribution in [0.15, 0.2) is 34.7 Å². The fourth-order valence-electron chi connectivity index (χ4n) is 5.52. The zero-order chi connectivity index (χ0) is 26.1. The molecule has 0 bridgehead atoms. The van der Waals surface area contributed by atoms with Crippen molar-refractivity contribution in [3.63, 3.8) is 0 Å². The third-order valence-corrected chi connectivity index (χ3v) is 7.45. The first-order valence-corrected chi connectivity index (χ1v) is 11.9. The minimum Gasteiger partial charge on any atom is -0.494 e. The maximum atomic E-state index is 14.9. The molecule has 11 heteroatoms. The summed E-state index contributed by atoms with van der Waals surface area (Å²) in [5.74, 6) is -1.91. The van der Waals surface area contributed by atoms with Gasteiger partial charge in [-0.25, -0.2) is 9.37 Å². The maximum Gasteiger partial charge on any atom is 0.257 e. The lowest BCUT2D eigenvalue weighted by atomic mass is 9.82. The molecule has 2 fully saturated rings. The molecule has 37 heavy (non-hydrogen) atoms. The molecule has 0 spiro atoms. The van der Waals surface area contributed by atoms with Crippen molar-refractivity contribution in [2.75, 3.05) is 18.6 Å². The number of aromatic nitrogens is 1. The van der Waals surface area contributed by atoms with Crippen LogP contribution < -0.4 is 15.0 Å². The van der Waals surface area contributed by atoms with Crippen LogP contribution in [0.2, 0.25) is 0 Å². The molecule has 5 heterocycles. The quantitative estimate of drug-likeness (QED) is 0.528. The lowest BCUT2D eigenvalue weighted by molar-refractivity contribution is -0.127. The van der Waals surface area contributed by atoms with Crippen LogP contribution in [0.25, 0.3) is 11.1 Å². The van der Waals surface area contributed by atoms with Gasteiger partial charge < -0.3 is 14.1 Å². The van der Waals surface area contributed by atoms with Gasteiger partial charge in [-0.1, -0.05) is 6.07 Å². The first kappa shape index (κ1) is 23.1. The molecular formula is C26H23FN4O6. The number of furan rings is 1. The Hall–Kier alpha value is -4.28. The van der Waals surface area contributed by atoms with Gasteiger partial charge in [0.15, 0.2) is 17.1 Å². The van der Waals surface area contributed by atoms with Crippen LogP contribution in [0, 0.1) is 5.82 Å². The van der Waals surface area contributed by atoms with Crippen LogP contribution in [0.1, 0.15) is 47.9 Å². The van der Waals surface area contributed by atoms with E-state index in [-0.39, 0.29) is 48.5 Å². The number of carbonyl (C=O) groups is 4. The highest BCUT2D eigenvalue weighted by Crippen LogP contribution is 2.40. The van der Waals surface area contributed by atoms with Crippen molar-refractivity contribution >= 4 is 40.5 Å². The number of benzene rings is 1. The summed E-state index contributed by atoms with van der Waals surface area (Å²) in [6, 6.07) is 7.98. The van der Waals surface area contributed by atoms with Crippen molar-refractivity contribution in [1.29, 1.82) is 0 Å². The van der Waals surface area contributed by atoms with Gasteiger partial charge in [0.25, 0.3) is 5.91 Å². The van der Waals surface area contributed by atoms with E-state index in [1.165, 1.54) is 18.1 Å². The first-order valence-electron chi connectivity index (χ1n) is 11.9. The van der Waals surface area contributed by atoms with Crippen molar-refractivity contribution in [2.45, 2.75) is 44.2 Å². The molecule has 4 amide bonds. The molecule has 0 radical (unpaired) electrons. The normalized spacial score (nSPS) is 23.4. The highest BCUT2D eigenvalue weighted by molar-refractivity contribution is 6.10. The van der Waals surface area contributed by atoms with Gasteiger partial charge in [-0.15, -0.1) is 0 Å². The minimum absolute atomic E-state index is 0.00947. The van der Waals surface area contributed by atoms with Crippen molar-refractivity contribution in [3.8, 4) is 5.75 Å². The van der Waals surface area contributed by atoms with Crippen molar-refractivity contribution in [3.05, 3.63) is 53.0 Å². The second-order valence-electron chi connectivity index (χ2n) is 9.73. The van der Waals surface area contributed by atoms with Crippen molar-refractivity contribution in [1.82, 2.24) is 15.2 Å². The van der Waals surface area contributed by atoms with Gasteiger partial charge in [0, 0.05) is 31.6 Å². The summed E-state index contributed by atoms with van der Waals surface area (Å²) in [5.41, 5.74) is -0.385. The van der Waals surface area contributed by atoms with E-state index in [1.807, 2.05) is 6.92 Å². The molecule has 3 aliphatic rings. The smallest absolute Gasteiger partial charge is 0.257 e. The number of hydrogen-bond acceptors (Lipinski definition) is 7. The van der Waals surface area contributed by atoms with E-state index < -0.39 is 29.0 Å². The molecule has 10 nitrogen and oxygen atoms in total. The van der Waals surface area contributed by atoms with E-state index in [0.29, 0.717) is 28.9 Å². The average molecular weight is 506 g/mol. The number of fused-ring (bicyclic) bond motifs is 2. The van der Waals surface area contributed by atoms with Crippen LogP contribution >= 0.6 is 0 Å². The second kappa shape index (κ2) is 8.12. The summed E-state index contributed by atoms with van der Waals surface area (Å²) in [4.78, 5) is 58.6. The van der Waals surface area contributed by atoms with Gasteiger partial charge >= 0.3 is 0 Å². The summed E-state index contributed by atoms with van der Waals surface area (Å²) >= 11 is 0. The lowest BCUT2D eigenvalue weighted by Crippen LogP contribution is -2.46. The largest absolute Gasteiger partial charge is 0.494 e. The maximum absolute atomic E-state index is 14.9. The average Bonchev–Trinajstić information content (AvgIpc) is 3.59. The number of imide groups is 1. The molecule has 190 valence electrons. The zero-order valence-corrected chi connectivity index (χ0v) is 20.2. The number of hydrogen-bond donors (Lipinski definition) is 1. The Morgan fingerprint density at radius 2 is 2.03 bits per heavy atom. The Morgan fingerprint density at radius 1 is 1.22 bits per heavy atom. The summed E-state index contributed by atoms with van der Waals surface area (Å²) in [5, 5.41) is 2.31. The fraction of sp³-hybridized carbons (Fsp3) is 0.346. The van der Waals surface area contributed by atoms with Crippen LogP contribution in [-0.4, -0.2) is 53.2 Å². The highest BCUT2D eigenvalue weighted by Gasteiger charge is 2.53. The molecule has 1 N–H and O–H groups in total. The summed E-state index contributed by atoms with van der Waals surface area (Å²) in [6.07, 6.45) is 0.938. The van der Waals surface area contributed by atoms with Gasteiger partial charge in [0.1, 0.15) is 22.5 Å². The molecule has 6 rings (SSSR count). The third-order valence-electron chi connectivity index (χ3n) is 7.45. The standard InChI is InChI=1S/C26H23FN4O6/c1-13-3-8-21(33)31(13)19-7-6-16-15(28-19)9-18(37-16)26(10-20(32)29-25(26)35)12-30-11-14-4-5-17(36-2)23(27)22(14)24(30)34/h4-7,9,13H,3,8,10-12H2,1-2H3,(H,29,32,35)/t13?,26-/m1/s1. The molecule has 2 saturated heterocycles. The second-order valence-corrected chi connectivity index (χ2v) is 9.73. The van der Waals surface area contributed by atoms with Crippen LogP contribution in [0.5, 0.6) is 5.75 Å². The number of rotatable bonds is 5. The van der Waals surface area contributed by atoms with Gasteiger partial charge in [-0.3, -0.25) is 29.4 Å². The number of nitrogens with one attached hydrogen (secondary N) is 1. The zero-order valence-electron chi connectivity index (χ0n) is 20.2. The monoisotopic (exact) mass is 506 g/mol. The topological polar surface area (TPSA) is 122 Å². The van der Waals surface area contributed by atoms with Gasteiger partial charge in [-0.05, 0) is 37.1 Å². The van der Waals surface area contributed by atoms with E-state index in [2.05, 4.69) is 10.3 Å². The first-order chi connectivity index (χ1) is 17.7. The van der Waals surface area contributed by atoms with Crippen LogP contribution in [-0.2, 0) is 26.3 Å². The van der Waals surface area contributed by atoms with Crippen molar-refractivity contribution < 1.29 is 32.7 Å². The van der Waals surface area contributed by atoms with E-state index in [0.717, 1.165) is 6.42 Å². The van der Waals surface area contributed by atoms with Gasteiger partial charge in [-0.2, -0.15) is 0 Å². The lowest BCUT2D eigenvalue weighted by Gasteiger charge is -2.28. The number of methoxy groups -OCH3 is 1. The molecule has 0 aliphatic carbocycles. The summed E-state index contributed by atoms with van der Waals surface area (Å²) < 4.78 is 25.9. The molecule has 3 aliphatic heterocycles.